The van der Waals surface area contributed by atoms with Gasteiger partial charge >= 0.3 is 5.97 Å². The van der Waals surface area contributed by atoms with Crippen molar-refractivity contribution in [3.05, 3.63) is 66.6 Å². The molecule has 0 atom stereocenters. The minimum Gasteiger partial charge on any atom is -0.461 e. The summed E-state index contributed by atoms with van der Waals surface area (Å²) in [6.07, 6.45) is 3.52. The van der Waals surface area contributed by atoms with Crippen LogP contribution >= 0.6 is 11.3 Å². The van der Waals surface area contributed by atoms with Gasteiger partial charge in [-0.05, 0) is 25.1 Å². The number of hydrogen-bond donors (Lipinski definition) is 1. The molecule has 7 heteroatoms. The molecule has 0 saturated heterocycles. The van der Waals surface area contributed by atoms with Gasteiger partial charge in [0.05, 0.1) is 22.9 Å². The summed E-state index contributed by atoms with van der Waals surface area (Å²) in [6, 6.07) is 15.5. The van der Waals surface area contributed by atoms with Crippen LogP contribution in [0.25, 0.3) is 32.4 Å². The molecule has 3 heterocycles. The van der Waals surface area contributed by atoms with Crippen molar-refractivity contribution >= 4 is 17.3 Å². The zero-order valence-corrected chi connectivity index (χ0v) is 15.4. The van der Waals surface area contributed by atoms with E-state index in [2.05, 4.69) is 15.2 Å². The van der Waals surface area contributed by atoms with Crippen LogP contribution in [0.3, 0.4) is 0 Å². The van der Waals surface area contributed by atoms with Crippen molar-refractivity contribution in [2.45, 2.75) is 6.92 Å². The highest BCUT2D eigenvalue weighted by Gasteiger charge is 2.20. The maximum Gasteiger partial charge on any atom is 0.358 e. The first-order valence-electron chi connectivity index (χ1n) is 8.46. The second-order valence-electron chi connectivity index (χ2n) is 5.69. The monoisotopic (exact) mass is 376 g/mol. The number of nitrogens with one attached hydrogen (secondary N) is 1. The van der Waals surface area contributed by atoms with E-state index in [1.54, 1.807) is 25.4 Å². The highest BCUT2D eigenvalue weighted by atomic mass is 32.1. The molecule has 0 amide bonds. The number of thiazole rings is 1. The molecule has 134 valence electrons. The Balaban J connectivity index is 1.82. The third-order valence-corrected chi connectivity index (χ3v) is 5.03. The second kappa shape index (κ2) is 7.51. The molecule has 0 unspecified atom stereocenters. The van der Waals surface area contributed by atoms with Gasteiger partial charge in [-0.1, -0.05) is 30.3 Å². The Morgan fingerprint density at radius 3 is 2.70 bits per heavy atom. The molecule has 4 aromatic rings. The van der Waals surface area contributed by atoms with Crippen LogP contribution in [-0.2, 0) is 4.74 Å². The lowest BCUT2D eigenvalue weighted by molar-refractivity contribution is 0.0519. The third kappa shape index (κ3) is 3.50. The molecule has 0 saturated carbocycles. The number of H-pyrrole nitrogens is 1. The van der Waals surface area contributed by atoms with E-state index in [4.69, 9.17) is 9.72 Å². The zero-order valence-electron chi connectivity index (χ0n) is 14.5. The van der Waals surface area contributed by atoms with Crippen LogP contribution in [0.1, 0.15) is 17.4 Å². The number of nitrogens with zero attached hydrogens (tertiary/aromatic N) is 3. The summed E-state index contributed by atoms with van der Waals surface area (Å²) < 4.78 is 5.02. The molecule has 0 radical (unpaired) electrons. The second-order valence-corrected chi connectivity index (χ2v) is 6.69. The quantitative estimate of drug-likeness (QED) is 0.521. The summed E-state index contributed by atoms with van der Waals surface area (Å²) >= 11 is 1.52. The van der Waals surface area contributed by atoms with E-state index in [0.717, 1.165) is 32.4 Å². The average Bonchev–Trinajstić information content (AvgIpc) is 3.37. The lowest BCUT2D eigenvalue weighted by Gasteiger charge is -1.99. The molecule has 3 aromatic heterocycles. The Labute approximate surface area is 159 Å². The molecule has 0 aliphatic rings. The van der Waals surface area contributed by atoms with Crippen LogP contribution in [0.5, 0.6) is 0 Å². The molecule has 0 aliphatic carbocycles. The van der Waals surface area contributed by atoms with Crippen molar-refractivity contribution in [2.75, 3.05) is 6.61 Å². The highest BCUT2D eigenvalue weighted by molar-refractivity contribution is 7.18. The smallest absolute Gasteiger partial charge is 0.358 e. The van der Waals surface area contributed by atoms with Crippen molar-refractivity contribution in [3.8, 4) is 32.4 Å². The van der Waals surface area contributed by atoms with E-state index in [9.17, 15) is 4.79 Å². The van der Waals surface area contributed by atoms with Gasteiger partial charge < -0.3 is 4.74 Å². The molecule has 6 nitrogen and oxygen atoms in total. The summed E-state index contributed by atoms with van der Waals surface area (Å²) in [5.74, 6) is -0.446. The Bertz CT molecular complexity index is 1060. The van der Waals surface area contributed by atoms with E-state index >= 15 is 0 Å². The van der Waals surface area contributed by atoms with Crippen LogP contribution in [-0.4, -0.2) is 32.7 Å². The number of aromatic amines is 1. The minimum atomic E-state index is -0.446. The molecule has 27 heavy (non-hydrogen) atoms. The fraction of sp³-hybridized carbons (Fsp3) is 0.100. The summed E-state index contributed by atoms with van der Waals surface area (Å²) in [4.78, 5) is 21.9. The van der Waals surface area contributed by atoms with Gasteiger partial charge in [0, 0.05) is 23.5 Å². The number of rotatable bonds is 5. The van der Waals surface area contributed by atoms with Crippen LogP contribution in [0.4, 0.5) is 0 Å². The van der Waals surface area contributed by atoms with E-state index < -0.39 is 5.97 Å². The molecular weight excluding hydrogens is 360 g/mol. The zero-order chi connectivity index (χ0) is 18.6. The molecule has 1 aromatic carbocycles. The van der Waals surface area contributed by atoms with Crippen LogP contribution in [0.15, 0.2) is 60.9 Å². The number of pyridine rings is 1. The fourth-order valence-electron chi connectivity index (χ4n) is 2.65. The third-order valence-electron chi connectivity index (χ3n) is 3.89. The normalized spacial score (nSPS) is 10.7. The van der Waals surface area contributed by atoms with Crippen molar-refractivity contribution in [1.82, 2.24) is 20.2 Å². The van der Waals surface area contributed by atoms with Gasteiger partial charge in [-0.25, -0.2) is 9.78 Å². The van der Waals surface area contributed by atoms with Crippen LogP contribution in [0.2, 0.25) is 0 Å². The summed E-state index contributed by atoms with van der Waals surface area (Å²) in [7, 11) is 0. The average molecular weight is 376 g/mol. The lowest BCUT2D eigenvalue weighted by atomic mass is 10.1. The van der Waals surface area contributed by atoms with Gasteiger partial charge in [-0.2, -0.15) is 5.10 Å². The van der Waals surface area contributed by atoms with Gasteiger partial charge in [0.2, 0.25) is 0 Å². The Hall–Kier alpha value is -3.32. The van der Waals surface area contributed by atoms with Crippen molar-refractivity contribution in [2.24, 2.45) is 0 Å². The molecule has 1 N–H and O–H groups in total. The Morgan fingerprint density at radius 1 is 1.15 bits per heavy atom. The van der Waals surface area contributed by atoms with Crippen LogP contribution < -0.4 is 0 Å². The fourth-order valence-corrected chi connectivity index (χ4v) is 3.70. The SMILES string of the molecule is CCOC(=O)c1cc(-c2sc(-c3cccnc3)nc2-c2ccccc2)[nH]n1. The number of esters is 1. The van der Waals surface area contributed by atoms with E-state index in [1.807, 2.05) is 42.5 Å². The van der Waals surface area contributed by atoms with Gasteiger partial charge in [0.25, 0.3) is 0 Å². The number of benzene rings is 1. The maximum atomic E-state index is 11.9. The molecular formula is C20H16N4O2S. The lowest BCUT2D eigenvalue weighted by Crippen LogP contribution is -2.04. The number of ether oxygens (including phenoxy) is 1. The predicted octanol–water partition coefficient (Wildman–Crippen LogP) is 4.44. The maximum absolute atomic E-state index is 11.9. The predicted molar refractivity (Wildman–Crippen MR) is 104 cm³/mol. The molecule has 0 aliphatic heterocycles. The standard InChI is InChI=1S/C20H16N4O2S/c1-2-26-20(25)16-11-15(23-24-16)18-17(13-7-4-3-5-8-13)22-19(27-18)14-9-6-10-21-12-14/h3-12H,2H2,1H3,(H,23,24). The molecule has 4 rings (SSSR count). The first kappa shape index (κ1) is 17.1. The van der Waals surface area contributed by atoms with Crippen LogP contribution in [0, 0.1) is 0 Å². The van der Waals surface area contributed by atoms with Crippen molar-refractivity contribution in [1.29, 1.82) is 0 Å². The van der Waals surface area contributed by atoms with E-state index in [-0.39, 0.29) is 5.69 Å². The first-order valence-corrected chi connectivity index (χ1v) is 9.27. The summed E-state index contributed by atoms with van der Waals surface area (Å²) in [5, 5.41) is 7.89. The number of aromatic nitrogens is 4. The number of carbonyl (C=O) groups excluding carboxylic acids is 1. The van der Waals surface area contributed by atoms with Crippen molar-refractivity contribution in [3.63, 3.8) is 0 Å². The van der Waals surface area contributed by atoms with Gasteiger partial charge in [-0.3, -0.25) is 10.1 Å². The number of carbonyl (C=O) groups is 1. The summed E-state index contributed by atoms with van der Waals surface area (Å²) in [5.41, 5.74) is 3.74. The Morgan fingerprint density at radius 2 is 1.96 bits per heavy atom. The molecule has 0 fully saturated rings. The minimum absolute atomic E-state index is 0.252. The van der Waals surface area contributed by atoms with Gasteiger partial charge in [0.1, 0.15) is 5.01 Å². The molecule has 0 bridgehead atoms. The summed E-state index contributed by atoms with van der Waals surface area (Å²) in [6.45, 7) is 2.07. The van der Waals surface area contributed by atoms with Gasteiger partial charge in [0.15, 0.2) is 5.69 Å². The Kier molecular flexibility index (Phi) is 4.76. The van der Waals surface area contributed by atoms with Gasteiger partial charge in [-0.15, -0.1) is 11.3 Å². The highest BCUT2D eigenvalue weighted by Crippen LogP contribution is 2.39. The van der Waals surface area contributed by atoms with Crippen molar-refractivity contribution < 1.29 is 9.53 Å². The molecule has 0 spiro atoms. The van der Waals surface area contributed by atoms with E-state index in [1.165, 1.54) is 11.3 Å². The number of hydrogen-bond acceptors (Lipinski definition) is 6. The first-order chi connectivity index (χ1) is 13.3. The topological polar surface area (TPSA) is 80.8 Å². The largest absolute Gasteiger partial charge is 0.461 e. The van der Waals surface area contributed by atoms with E-state index in [0.29, 0.717) is 6.61 Å².